The van der Waals surface area contributed by atoms with Gasteiger partial charge < -0.3 is 15.2 Å². The smallest absolute Gasteiger partial charge is 0.269 e. The molecule has 2 aliphatic rings. The van der Waals surface area contributed by atoms with Crippen LogP contribution in [0, 0.1) is 5.95 Å². The van der Waals surface area contributed by atoms with Crippen molar-refractivity contribution in [2.45, 2.75) is 51.5 Å². The summed E-state index contributed by atoms with van der Waals surface area (Å²) in [6.45, 7) is 7.77. The Morgan fingerprint density at radius 1 is 1.16 bits per heavy atom. The van der Waals surface area contributed by atoms with Crippen LogP contribution in [0.15, 0.2) is 29.1 Å². The average molecular weight is 442 g/mol. The van der Waals surface area contributed by atoms with Gasteiger partial charge in [0.2, 0.25) is 5.95 Å². The molecule has 2 saturated heterocycles. The Hall–Kier alpha value is -2.74. The summed E-state index contributed by atoms with van der Waals surface area (Å²) in [5, 5.41) is 2.64. The average Bonchev–Trinajstić information content (AvgIpc) is 3.29. The van der Waals surface area contributed by atoms with E-state index >= 15 is 0 Å². The number of aromatic nitrogens is 2. The van der Waals surface area contributed by atoms with Gasteiger partial charge in [-0.2, -0.15) is 4.39 Å². The van der Waals surface area contributed by atoms with Crippen LogP contribution in [0.25, 0.3) is 0 Å². The molecule has 2 aliphatic heterocycles. The molecular formula is C24H32FN5O2. The minimum atomic E-state index is -0.590. The van der Waals surface area contributed by atoms with Gasteiger partial charge in [-0.05, 0) is 57.4 Å². The molecule has 1 unspecified atom stereocenters. The molecule has 0 spiro atoms. The van der Waals surface area contributed by atoms with Gasteiger partial charge in [-0.15, -0.1) is 0 Å². The van der Waals surface area contributed by atoms with Crippen LogP contribution < -0.4 is 15.8 Å². The van der Waals surface area contributed by atoms with Gasteiger partial charge in [0.1, 0.15) is 5.69 Å². The molecule has 0 aliphatic carbocycles. The number of aryl methyl sites for hydroxylation is 1. The molecule has 0 aromatic carbocycles. The fraction of sp³-hybridized carbons (Fsp3) is 0.542. The number of H-pyrrole nitrogens is 1. The van der Waals surface area contributed by atoms with E-state index in [9.17, 15) is 14.0 Å². The highest BCUT2D eigenvalue weighted by Gasteiger charge is 2.32. The fourth-order valence-electron chi connectivity index (χ4n) is 4.92. The van der Waals surface area contributed by atoms with Crippen molar-refractivity contribution < 1.29 is 9.18 Å². The highest BCUT2D eigenvalue weighted by Crippen LogP contribution is 2.31. The van der Waals surface area contributed by atoms with Crippen LogP contribution in [0.1, 0.15) is 60.8 Å². The number of likely N-dealkylation sites (tertiary alicyclic amines) is 1. The van der Waals surface area contributed by atoms with E-state index < -0.39 is 5.95 Å². The molecule has 8 heteroatoms. The first-order valence-corrected chi connectivity index (χ1v) is 11.7. The van der Waals surface area contributed by atoms with Crippen LogP contribution in [0.4, 0.5) is 10.1 Å². The zero-order valence-electron chi connectivity index (χ0n) is 18.9. The van der Waals surface area contributed by atoms with Gasteiger partial charge >= 0.3 is 0 Å². The Kier molecular flexibility index (Phi) is 6.89. The molecule has 0 bridgehead atoms. The normalized spacial score (nSPS) is 20.0. The van der Waals surface area contributed by atoms with E-state index in [1.54, 1.807) is 12.1 Å². The summed E-state index contributed by atoms with van der Waals surface area (Å²) < 4.78 is 14.6. The summed E-state index contributed by atoms with van der Waals surface area (Å²) in [4.78, 5) is 35.5. The lowest BCUT2D eigenvalue weighted by Gasteiger charge is -2.37. The Morgan fingerprint density at radius 3 is 2.59 bits per heavy atom. The number of hydrogen-bond acceptors (Lipinski definition) is 5. The summed E-state index contributed by atoms with van der Waals surface area (Å²) in [7, 11) is 0. The lowest BCUT2D eigenvalue weighted by atomic mass is 10.0. The second-order valence-electron chi connectivity index (χ2n) is 8.69. The maximum absolute atomic E-state index is 14.6. The summed E-state index contributed by atoms with van der Waals surface area (Å²) >= 11 is 0. The van der Waals surface area contributed by atoms with Gasteiger partial charge in [-0.25, -0.2) is 4.98 Å². The van der Waals surface area contributed by atoms with Crippen molar-refractivity contribution in [1.82, 2.24) is 20.2 Å². The predicted octanol–water partition coefficient (Wildman–Crippen LogP) is 2.68. The van der Waals surface area contributed by atoms with Crippen molar-refractivity contribution in [3.05, 3.63) is 57.5 Å². The van der Waals surface area contributed by atoms with E-state index in [4.69, 9.17) is 0 Å². The van der Waals surface area contributed by atoms with Crippen molar-refractivity contribution in [2.24, 2.45) is 0 Å². The van der Waals surface area contributed by atoms with Gasteiger partial charge in [0, 0.05) is 49.4 Å². The first kappa shape index (κ1) is 22.5. The number of rotatable bonds is 6. The molecule has 2 aromatic heterocycles. The van der Waals surface area contributed by atoms with E-state index in [-0.39, 0.29) is 17.2 Å². The van der Waals surface area contributed by atoms with Crippen LogP contribution in [-0.2, 0) is 6.42 Å². The molecular weight excluding hydrogens is 409 g/mol. The van der Waals surface area contributed by atoms with E-state index in [0.29, 0.717) is 24.2 Å². The van der Waals surface area contributed by atoms with Crippen LogP contribution in [0.5, 0.6) is 0 Å². The zero-order chi connectivity index (χ0) is 22.7. The number of amides is 1. The number of nitrogens with zero attached hydrogens (tertiary/aromatic N) is 3. The Labute approximate surface area is 188 Å². The second kappa shape index (κ2) is 9.81. The topological polar surface area (TPSA) is 81.3 Å². The molecule has 172 valence electrons. The third kappa shape index (κ3) is 4.70. The first-order valence-electron chi connectivity index (χ1n) is 11.7. The Bertz CT molecular complexity index is 1020. The molecule has 2 fully saturated rings. The molecule has 2 N–H and O–H groups in total. The predicted molar refractivity (Wildman–Crippen MR) is 123 cm³/mol. The minimum absolute atomic E-state index is 0.0330. The van der Waals surface area contributed by atoms with Crippen molar-refractivity contribution >= 4 is 11.6 Å². The van der Waals surface area contributed by atoms with E-state index in [1.807, 2.05) is 24.8 Å². The quantitative estimate of drug-likeness (QED) is 0.674. The van der Waals surface area contributed by atoms with Crippen molar-refractivity contribution in [3.8, 4) is 0 Å². The van der Waals surface area contributed by atoms with Crippen LogP contribution >= 0.6 is 0 Å². The number of piperidine rings is 1. The van der Waals surface area contributed by atoms with Gasteiger partial charge in [0.25, 0.3) is 11.5 Å². The molecule has 2 aromatic rings. The van der Waals surface area contributed by atoms with Crippen LogP contribution in [-0.4, -0.2) is 59.5 Å². The number of halogens is 1. The van der Waals surface area contributed by atoms with E-state index in [2.05, 4.69) is 26.3 Å². The molecule has 1 atom stereocenters. The van der Waals surface area contributed by atoms with Crippen molar-refractivity contribution in [1.29, 1.82) is 0 Å². The van der Waals surface area contributed by atoms with Gasteiger partial charge in [0.05, 0.1) is 5.69 Å². The van der Waals surface area contributed by atoms with Gasteiger partial charge in [0.15, 0.2) is 0 Å². The third-order valence-corrected chi connectivity index (χ3v) is 6.77. The molecule has 4 rings (SSSR count). The molecule has 0 saturated carbocycles. The minimum Gasteiger partial charge on any atom is -0.368 e. The van der Waals surface area contributed by atoms with E-state index in [1.165, 1.54) is 0 Å². The van der Waals surface area contributed by atoms with Crippen molar-refractivity contribution in [2.75, 3.05) is 37.6 Å². The Balaban J connectivity index is 1.34. The molecule has 1 amide bonds. The summed E-state index contributed by atoms with van der Waals surface area (Å²) in [6.07, 6.45) is 3.70. The zero-order valence-corrected chi connectivity index (χ0v) is 18.9. The number of hydrogen-bond donors (Lipinski definition) is 2. The number of carbonyl (C=O) groups is 1. The second-order valence-corrected chi connectivity index (χ2v) is 8.69. The first-order chi connectivity index (χ1) is 15.5. The monoisotopic (exact) mass is 441 g/mol. The fourth-order valence-corrected chi connectivity index (χ4v) is 4.92. The molecule has 32 heavy (non-hydrogen) atoms. The summed E-state index contributed by atoms with van der Waals surface area (Å²) in [5.41, 5.74) is 2.47. The largest absolute Gasteiger partial charge is 0.368 e. The van der Waals surface area contributed by atoms with Crippen LogP contribution in [0.3, 0.4) is 0 Å². The number of carbonyl (C=O) groups excluding carboxylic acids is 1. The highest BCUT2D eigenvalue weighted by molar-refractivity contribution is 5.92. The summed E-state index contributed by atoms with van der Waals surface area (Å²) in [5.74, 6) is -0.589. The third-order valence-electron chi connectivity index (χ3n) is 6.77. The maximum Gasteiger partial charge on any atom is 0.269 e. The number of anilines is 1. The van der Waals surface area contributed by atoms with Gasteiger partial charge in [-0.1, -0.05) is 13.0 Å². The van der Waals surface area contributed by atoms with Gasteiger partial charge in [-0.3, -0.25) is 14.5 Å². The number of pyridine rings is 2. The lowest BCUT2D eigenvalue weighted by molar-refractivity contribution is 0.0949. The Morgan fingerprint density at radius 2 is 1.94 bits per heavy atom. The molecule has 0 radical (unpaired) electrons. The number of aromatic amines is 1. The standard InChI is InChI=1S/C24H32FN5O2/c1-3-16-5-6-19(28-23(16)31)17-9-12-30(15-17)18-10-13-29(14-11-18)21-8-7-20(27-22(21)25)24(32)26-4-2/h5-8,17-18H,3-4,9-15H2,1-2H3,(H,26,32)(H,28,31). The van der Waals surface area contributed by atoms with E-state index in [0.717, 1.165) is 63.1 Å². The van der Waals surface area contributed by atoms with Crippen LogP contribution in [0.2, 0.25) is 0 Å². The SMILES string of the molecule is CCNC(=O)c1ccc(N2CCC(N3CCC(c4ccc(CC)c(=O)[nH]4)C3)CC2)c(F)n1. The molecule has 7 nitrogen and oxygen atoms in total. The lowest BCUT2D eigenvalue weighted by Crippen LogP contribution is -2.44. The maximum atomic E-state index is 14.6. The van der Waals surface area contributed by atoms with Crippen molar-refractivity contribution in [3.63, 3.8) is 0 Å². The molecule has 4 heterocycles. The summed E-state index contributed by atoms with van der Waals surface area (Å²) in [6, 6.07) is 7.73. The highest BCUT2D eigenvalue weighted by atomic mass is 19.1. The number of nitrogens with one attached hydrogen (secondary N) is 2.